The van der Waals surface area contributed by atoms with Gasteiger partial charge in [0, 0.05) is 48.3 Å². The number of aryl methyl sites for hydroxylation is 1. The smallest absolute Gasteiger partial charge is 0.331 e. The van der Waals surface area contributed by atoms with Gasteiger partial charge in [0.25, 0.3) is 0 Å². The van der Waals surface area contributed by atoms with Gasteiger partial charge < -0.3 is 23.5 Å². The molecule has 2 rings (SSSR count). The largest absolute Gasteiger partial charge is 0.497 e. The van der Waals surface area contributed by atoms with Crippen molar-refractivity contribution in [3.05, 3.63) is 52.9 Å². The molecule has 0 N–H and O–H groups in total. The third-order valence-corrected chi connectivity index (χ3v) is 4.58. The molecule has 7 heteroatoms. The highest BCUT2D eigenvalue weighted by atomic mass is 16.5. The van der Waals surface area contributed by atoms with Crippen molar-refractivity contribution in [1.82, 2.24) is 4.57 Å². The average molecular weight is 401 g/mol. The number of rotatable bonds is 10. The molecule has 0 atom stereocenters. The molecule has 0 saturated heterocycles. The van der Waals surface area contributed by atoms with Crippen LogP contribution in [0.25, 0.3) is 6.08 Å². The first kappa shape index (κ1) is 22.2. The first-order valence-electron chi connectivity index (χ1n) is 9.17. The number of aromatic nitrogens is 1. The van der Waals surface area contributed by atoms with E-state index in [4.69, 9.17) is 18.9 Å². The van der Waals surface area contributed by atoms with Crippen molar-refractivity contribution in [1.29, 1.82) is 0 Å². The molecule has 1 aromatic heterocycles. The highest BCUT2D eigenvalue weighted by Gasteiger charge is 2.16. The molecule has 0 saturated carbocycles. The van der Waals surface area contributed by atoms with Gasteiger partial charge in [-0.05, 0) is 38.1 Å². The molecular weight excluding hydrogens is 374 g/mol. The predicted molar refractivity (Wildman–Crippen MR) is 110 cm³/mol. The summed E-state index contributed by atoms with van der Waals surface area (Å²) in [6, 6.07) is 7.05. The van der Waals surface area contributed by atoms with E-state index in [-0.39, 0.29) is 12.4 Å². The summed E-state index contributed by atoms with van der Waals surface area (Å²) >= 11 is 0. The van der Waals surface area contributed by atoms with E-state index in [1.165, 1.54) is 13.2 Å². The van der Waals surface area contributed by atoms with Crippen LogP contribution in [0.3, 0.4) is 0 Å². The minimum atomic E-state index is -0.607. The molecule has 0 aliphatic carbocycles. The van der Waals surface area contributed by atoms with Crippen molar-refractivity contribution >= 4 is 17.8 Å². The quantitative estimate of drug-likeness (QED) is 0.346. The lowest BCUT2D eigenvalue weighted by Crippen LogP contribution is -2.14. The first-order valence-corrected chi connectivity index (χ1v) is 9.17. The third kappa shape index (κ3) is 5.71. The van der Waals surface area contributed by atoms with Gasteiger partial charge in [0.05, 0.1) is 20.8 Å². The van der Waals surface area contributed by atoms with E-state index >= 15 is 0 Å². The van der Waals surface area contributed by atoms with Gasteiger partial charge in [-0.3, -0.25) is 4.79 Å². The number of nitrogens with zero attached hydrogens (tertiary/aromatic N) is 1. The van der Waals surface area contributed by atoms with E-state index in [9.17, 15) is 9.59 Å². The summed E-state index contributed by atoms with van der Waals surface area (Å²) in [5.41, 5.74) is 3.03. The van der Waals surface area contributed by atoms with Gasteiger partial charge >= 0.3 is 5.97 Å². The molecule has 1 heterocycles. The lowest BCUT2D eigenvalue weighted by atomic mass is 10.1. The van der Waals surface area contributed by atoms with Crippen molar-refractivity contribution in [3.8, 4) is 11.5 Å². The Morgan fingerprint density at radius 1 is 1.07 bits per heavy atom. The molecule has 0 radical (unpaired) electrons. The second-order valence-corrected chi connectivity index (χ2v) is 6.40. The van der Waals surface area contributed by atoms with Gasteiger partial charge in [0.2, 0.25) is 5.78 Å². The summed E-state index contributed by atoms with van der Waals surface area (Å²) in [7, 11) is 4.73. The molecule has 29 heavy (non-hydrogen) atoms. The van der Waals surface area contributed by atoms with E-state index in [1.54, 1.807) is 44.6 Å². The van der Waals surface area contributed by atoms with E-state index in [2.05, 4.69) is 0 Å². The summed E-state index contributed by atoms with van der Waals surface area (Å²) in [6.45, 7) is 4.69. The fourth-order valence-corrected chi connectivity index (χ4v) is 2.99. The number of hydrogen-bond acceptors (Lipinski definition) is 6. The molecule has 0 amide bonds. The number of esters is 1. The fraction of sp³-hybridized carbons (Fsp3) is 0.364. The van der Waals surface area contributed by atoms with Crippen molar-refractivity contribution in [2.75, 3.05) is 34.5 Å². The van der Waals surface area contributed by atoms with Crippen LogP contribution in [0.4, 0.5) is 0 Å². The van der Waals surface area contributed by atoms with Crippen LogP contribution in [-0.2, 0) is 20.8 Å². The fourth-order valence-electron chi connectivity index (χ4n) is 2.99. The van der Waals surface area contributed by atoms with Gasteiger partial charge in [-0.1, -0.05) is 0 Å². The highest BCUT2D eigenvalue weighted by molar-refractivity contribution is 6.00. The predicted octanol–water partition coefficient (Wildman–Crippen LogP) is 3.21. The molecule has 0 spiro atoms. The van der Waals surface area contributed by atoms with Crippen LogP contribution in [-0.4, -0.2) is 50.9 Å². The van der Waals surface area contributed by atoms with E-state index in [0.29, 0.717) is 35.8 Å². The summed E-state index contributed by atoms with van der Waals surface area (Å²) in [4.78, 5) is 24.5. The molecule has 0 fully saturated rings. The maximum absolute atomic E-state index is 12.5. The van der Waals surface area contributed by atoms with Gasteiger partial charge in [0.15, 0.2) is 6.61 Å². The van der Waals surface area contributed by atoms with Crippen molar-refractivity contribution in [2.45, 2.75) is 20.4 Å². The van der Waals surface area contributed by atoms with Crippen LogP contribution in [0, 0.1) is 13.8 Å². The van der Waals surface area contributed by atoms with E-state index in [1.807, 2.05) is 18.4 Å². The van der Waals surface area contributed by atoms with Crippen LogP contribution >= 0.6 is 0 Å². The first-order chi connectivity index (χ1) is 13.9. The lowest BCUT2D eigenvalue weighted by Gasteiger charge is -2.09. The van der Waals surface area contributed by atoms with Crippen molar-refractivity contribution < 1.29 is 28.5 Å². The molecule has 7 nitrogen and oxygen atoms in total. The number of ketones is 1. The Balaban J connectivity index is 1.99. The zero-order valence-electron chi connectivity index (χ0n) is 17.5. The maximum atomic E-state index is 12.5. The molecule has 0 bridgehead atoms. The molecule has 1 aromatic carbocycles. The standard InChI is InChI=1S/C22H27NO6/c1-15-12-19(16(2)23(15)10-11-26-3)20(24)14-29-22(25)9-7-17-6-8-18(27-4)13-21(17)28-5/h6-9,12-13H,10-11,14H2,1-5H3/b9-7+. The highest BCUT2D eigenvalue weighted by Crippen LogP contribution is 2.25. The molecule has 2 aromatic rings. The molecule has 0 aliphatic heterocycles. The Morgan fingerprint density at radius 3 is 2.48 bits per heavy atom. The van der Waals surface area contributed by atoms with Crippen LogP contribution < -0.4 is 9.47 Å². The number of carbonyl (C=O) groups excluding carboxylic acids is 2. The summed E-state index contributed by atoms with van der Waals surface area (Å²) in [5, 5.41) is 0. The Labute approximate surface area is 170 Å². The van der Waals surface area contributed by atoms with Gasteiger partial charge in [-0.25, -0.2) is 4.79 Å². The number of methoxy groups -OCH3 is 3. The van der Waals surface area contributed by atoms with E-state index < -0.39 is 5.97 Å². The topological polar surface area (TPSA) is 76.0 Å². The van der Waals surface area contributed by atoms with E-state index in [0.717, 1.165) is 11.4 Å². The SMILES string of the molecule is COCCn1c(C)cc(C(=O)COC(=O)/C=C/c2ccc(OC)cc2OC)c1C. The second kappa shape index (κ2) is 10.5. The minimum Gasteiger partial charge on any atom is -0.497 e. The van der Waals surface area contributed by atoms with Gasteiger partial charge in [0.1, 0.15) is 11.5 Å². The minimum absolute atomic E-state index is 0.245. The van der Waals surface area contributed by atoms with Crippen LogP contribution in [0.1, 0.15) is 27.3 Å². The Morgan fingerprint density at radius 2 is 1.83 bits per heavy atom. The number of carbonyl (C=O) groups is 2. The van der Waals surface area contributed by atoms with Crippen LogP contribution in [0.5, 0.6) is 11.5 Å². The zero-order chi connectivity index (χ0) is 21.4. The third-order valence-electron chi connectivity index (χ3n) is 4.58. The Hall–Kier alpha value is -3.06. The number of benzene rings is 1. The average Bonchev–Trinajstić information content (AvgIpc) is 3.02. The number of ether oxygens (including phenoxy) is 4. The molecular formula is C22H27NO6. The summed E-state index contributed by atoms with van der Waals surface area (Å²) < 4.78 is 22.6. The Kier molecular flexibility index (Phi) is 8.03. The van der Waals surface area contributed by atoms with Crippen LogP contribution in [0.15, 0.2) is 30.3 Å². The summed E-state index contributed by atoms with van der Waals surface area (Å²) in [6.07, 6.45) is 2.83. The Bertz CT molecular complexity index is 897. The van der Waals surface area contributed by atoms with Crippen molar-refractivity contribution in [2.24, 2.45) is 0 Å². The number of Topliss-reactive ketones (excluding diaryl/α,β-unsaturated/α-hetero) is 1. The maximum Gasteiger partial charge on any atom is 0.331 e. The molecule has 156 valence electrons. The normalized spacial score (nSPS) is 10.9. The van der Waals surface area contributed by atoms with Crippen LogP contribution in [0.2, 0.25) is 0 Å². The second-order valence-electron chi connectivity index (χ2n) is 6.40. The monoisotopic (exact) mass is 401 g/mol. The summed E-state index contributed by atoms with van der Waals surface area (Å²) in [5.74, 6) is 0.359. The zero-order valence-corrected chi connectivity index (χ0v) is 17.5. The van der Waals surface area contributed by atoms with Gasteiger partial charge in [-0.15, -0.1) is 0 Å². The lowest BCUT2D eigenvalue weighted by molar-refractivity contribution is -0.136. The number of hydrogen-bond donors (Lipinski definition) is 0. The molecule has 0 unspecified atom stereocenters. The molecule has 0 aliphatic rings. The van der Waals surface area contributed by atoms with Crippen molar-refractivity contribution in [3.63, 3.8) is 0 Å². The van der Waals surface area contributed by atoms with Gasteiger partial charge in [-0.2, -0.15) is 0 Å².